The quantitative estimate of drug-likeness (QED) is 0.188. The van der Waals surface area contributed by atoms with Gasteiger partial charge in [0, 0.05) is 26.7 Å². The molecular formula is C16H31IN6O. The molecule has 0 saturated carbocycles. The van der Waals surface area contributed by atoms with Crippen LogP contribution in [-0.2, 0) is 18.3 Å². The lowest BCUT2D eigenvalue weighted by Gasteiger charge is -2.12. The molecule has 8 heteroatoms. The number of halogens is 1. The first-order valence-electron chi connectivity index (χ1n) is 8.10. The smallest absolute Gasteiger partial charge is 0.192 e. The summed E-state index contributed by atoms with van der Waals surface area (Å²) >= 11 is 0. The molecule has 0 aliphatic heterocycles. The molecule has 2 N–H and O–H groups in total. The summed E-state index contributed by atoms with van der Waals surface area (Å²) in [6.07, 6.45) is 2.88. The molecule has 0 aliphatic carbocycles. The Balaban J connectivity index is 0.00000529. The molecule has 1 heterocycles. The number of hydrogen-bond acceptors (Lipinski definition) is 4. The maximum Gasteiger partial charge on any atom is 0.192 e. The van der Waals surface area contributed by atoms with E-state index in [2.05, 4.69) is 46.2 Å². The maximum absolute atomic E-state index is 5.59. The Morgan fingerprint density at radius 3 is 2.67 bits per heavy atom. The van der Waals surface area contributed by atoms with E-state index in [-0.39, 0.29) is 24.0 Å². The normalized spacial score (nSPS) is 11.3. The van der Waals surface area contributed by atoms with Gasteiger partial charge in [-0.2, -0.15) is 0 Å². The fourth-order valence-corrected chi connectivity index (χ4v) is 1.74. The molecule has 0 aliphatic rings. The largest absolute Gasteiger partial charge is 0.380 e. The Kier molecular flexibility index (Phi) is 12.5. The number of nitrogens with zero attached hydrogens (tertiary/aromatic N) is 4. The highest BCUT2D eigenvalue weighted by molar-refractivity contribution is 14.0. The van der Waals surface area contributed by atoms with Gasteiger partial charge in [-0.25, -0.2) is 4.99 Å². The number of hydrogen-bond donors (Lipinski definition) is 2. The molecular weight excluding hydrogens is 419 g/mol. The molecule has 1 aromatic heterocycles. The lowest BCUT2D eigenvalue weighted by molar-refractivity contribution is 0.128. The van der Waals surface area contributed by atoms with Crippen LogP contribution >= 0.6 is 24.0 Å². The number of nitrogens with one attached hydrogen (secondary N) is 2. The third-order valence-corrected chi connectivity index (χ3v) is 3.35. The summed E-state index contributed by atoms with van der Waals surface area (Å²) in [5.74, 6) is 3.10. The minimum atomic E-state index is 0. The Labute approximate surface area is 162 Å². The first kappa shape index (κ1) is 22.8. The molecule has 138 valence electrons. The van der Waals surface area contributed by atoms with Gasteiger partial charge >= 0.3 is 0 Å². The van der Waals surface area contributed by atoms with E-state index in [1.807, 2.05) is 18.5 Å². The van der Waals surface area contributed by atoms with Crippen molar-refractivity contribution >= 4 is 29.9 Å². The molecule has 0 fully saturated rings. The van der Waals surface area contributed by atoms with Crippen molar-refractivity contribution in [1.29, 1.82) is 0 Å². The van der Waals surface area contributed by atoms with E-state index in [1.54, 1.807) is 6.08 Å². The van der Waals surface area contributed by atoms with Crippen molar-refractivity contribution < 1.29 is 4.74 Å². The number of ether oxygens (including phenoxy) is 1. The lowest BCUT2D eigenvalue weighted by Crippen LogP contribution is -2.39. The summed E-state index contributed by atoms with van der Waals surface area (Å²) in [4.78, 5) is 4.52. The summed E-state index contributed by atoms with van der Waals surface area (Å²) in [5.41, 5.74) is 0. The van der Waals surface area contributed by atoms with E-state index in [0.717, 1.165) is 30.6 Å². The highest BCUT2D eigenvalue weighted by Crippen LogP contribution is 1.99. The molecule has 0 saturated heterocycles. The van der Waals surface area contributed by atoms with Crippen LogP contribution in [0.2, 0.25) is 0 Å². The van der Waals surface area contributed by atoms with Gasteiger partial charge < -0.3 is 19.9 Å². The summed E-state index contributed by atoms with van der Waals surface area (Å²) in [7, 11) is 1.94. The van der Waals surface area contributed by atoms with Crippen molar-refractivity contribution in [3.63, 3.8) is 0 Å². The van der Waals surface area contributed by atoms with Crippen LogP contribution in [0.25, 0.3) is 0 Å². The van der Waals surface area contributed by atoms with Gasteiger partial charge in [0.1, 0.15) is 12.4 Å². The van der Waals surface area contributed by atoms with E-state index in [1.165, 1.54) is 0 Å². The van der Waals surface area contributed by atoms with E-state index >= 15 is 0 Å². The van der Waals surface area contributed by atoms with Crippen molar-refractivity contribution in [3.8, 4) is 0 Å². The fraction of sp³-hybridized carbons (Fsp3) is 0.688. The molecule has 0 amide bonds. The van der Waals surface area contributed by atoms with Crippen molar-refractivity contribution in [3.05, 3.63) is 24.3 Å². The van der Waals surface area contributed by atoms with Crippen LogP contribution in [0.4, 0.5) is 0 Å². The average molecular weight is 450 g/mol. The summed E-state index contributed by atoms with van der Waals surface area (Å²) in [5, 5.41) is 14.6. The van der Waals surface area contributed by atoms with Gasteiger partial charge in [0.2, 0.25) is 0 Å². The van der Waals surface area contributed by atoms with Crippen LogP contribution in [-0.4, -0.2) is 47.0 Å². The van der Waals surface area contributed by atoms with Gasteiger partial charge in [-0.05, 0) is 19.3 Å². The van der Waals surface area contributed by atoms with E-state index < -0.39 is 0 Å². The zero-order valence-electron chi connectivity index (χ0n) is 15.2. The first-order valence-corrected chi connectivity index (χ1v) is 8.10. The van der Waals surface area contributed by atoms with Gasteiger partial charge in [-0.1, -0.05) is 19.9 Å². The lowest BCUT2D eigenvalue weighted by atomic mass is 10.1. The molecule has 7 nitrogen and oxygen atoms in total. The number of aromatic nitrogens is 3. The van der Waals surface area contributed by atoms with E-state index in [0.29, 0.717) is 32.2 Å². The van der Waals surface area contributed by atoms with Crippen LogP contribution in [0.15, 0.2) is 17.6 Å². The number of rotatable bonds is 10. The SMILES string of the molecule is C=CCNC(=NCc1nnc(C)n1C)NCCOCCC(C)C.I. The fourth-order valence-electron chi connectivity index (χ4n) is 1.74. The van der Waals surface area contributed by atoms with Crippen LogP contribution < -0.4 is 10.6 Å². The Morgan fingerprint density at radius 1 is 1.33 bits per heavy atom. The van der Waals surface area contributed by atoms with Gasteiger partial charge in [0.05, 0.1) is 6.61 Å². The van der Waals surface area contributed by atoms with Gasteiger partial charge in [0.25, 0.3) is 0 Å². The molecule has 0 bridgehead atoms. The molecule has 0 aromatic carbocycles. The van der Waals surface area contributed by atoms with Crippen molar-refractivity contribution in [2.24, 2.45) is 18.0 Å². The molecule has 0 radical (unpaired) electrons. The predicted molar refractivity (Wildman–Crippen MR) is 109 cm³/mol. The van der Waals surface area contributed by atoms with Gasteiger partial charge in [-0.3, -0.25) is 0 Å². The van der Waals surface area contributed by atoms with Crippen LogP contribution in [0.3, 0.4) is 0 Å². The van der Waals surface area contributed by atoms with E-state index in [4.69, 9.17) is 4.74 Å². The number of aliphatic imine (C=N–C) groups is 1. The zero-order valence-corrected chi connectivity index (χ0v) is 17.5. The minimum absolute atomic E-state index is 0. The molecule has 0 unspecified atom stereocenters. The zero-order chi connectivity index (χ0) is 17.1. The summed E-state index contributed by atoms with van der Waals surface area (Å²) in [6.45, 7) is 13.3. The predicted octanol–water partition coefficient (Wildman–Crippen LogP) is 2.03. The first-order chi connectivity index (χ1) is 11.0. The van der Waals surface area contributed by atoms with Crippen molar-refractivity contribution in [2.45, 2.75) is 33.7 Å². The van der Waals surface area contributed by atoms with Crippen LogP contribution in [0.1, 0.15) is 31.9 Å². The highest BCUT2D eigenvalue weighted by atomic mass is 127. The third kappa shape index (κ3) is 9.21. The standard InChI is InChI=1S/C16H30N6O.HI/c1-6-8-17-16(18-9-11-23-10-7-13(2)3)19-12-15-21-20-14(4)22(15)5;/h6,13H,1,7-12H2,2-5H3,(H2,17,18,19);1H. The summed E-state index contributed by atoms with van der Waals surface area (Å²) < 4.78 is 7.53. The maximum atomic E-state index is 5.59. The monoisotopic (exact) mass is 450 g/mol. The second-order valence-electron chi connectivity index (χ2n) is 5.78. The highest BCUT2D eigenvalue weighted by Gasteiger charge is 2.04. The van der Waals surface area contributed by atoms with Crippen molar-refractivity contribution in [2.75, 3.05) is 26.3 Å². The van der Waals surface area contributed by atoms with Gasteiger partial charge in [-0.15, -0.1) is 40.8 Å². The second-order valence-corrected chi connectivity index (χ2v) is 5.78. The average Bonchev–Trinajstić information content (AvgIpc) is 2.84. The second kappa shape index (κ2) is 13.2. The number of guanidine groups is 1. The Hall–Kier alpha value is -1.16. The van der Waals surface area contributed by atoms with Crippen molar-refractivity contribution in [1.82, 2.24) is 25.4 Å². The molecule has 1 rings (SSSR count). The molecule has 0 atom stereocenters. The van der Waals surface area contributed by atoms with Crippen LogP contribution in [0.5, 0.6) is 0 Å². The van der Waals surface area contributed by atoms with Gasteiger partial charge in [0.15, 0.2) is 11.8 Å². The van der Waals surface area contributed by atoms with Crippen LogP contribution in [0, 0.1) is 12.8 Å². The Morgan fingerprint density at radius 2 is 2.08 bits per heavy atom. The summed E-state index contributed by atoms with van der Waals surface area (Å²) in [6, 6.07) is 0. The number of aryl methyl sites for hydroxylation is 1. The molecule has 0 spiro atoms. The minimum Gasteiger partial charge on any atom is -0.380 e. The third-order valence-electron chi connectivity index (χ3n) is 3.35. The van der Waals surface area contributed by atoms with E-state index in [9.17, 15) is 0 Å². The molecule has 1 aromatic rings. The molecule has 24 heavy (non-hydrogen) atoms. The topological polar surface area (TPSA) is 76.4 Å². The Bertz CT molecular complexity index is 501.